The van der Waals surface area contributed by atoms with E-state index in [0.717, 1.165) is 11.6 Å². The third-order valence-corrected chi connectivity index (χ3v) is 3.34. The van der Waals surface area contributed by atoms with Gasteiger partial charge in [-0.25, -0.2) is 14.6 Å². The molecule has 0 radical (unpaired) electrons. The van der Waals surface area contributed by atoms with E-state index in [4.69, 9.17) is 4.84 Å². The van der Waals surface area contributed by atoms with E-state index in [9.17, 15) is 14.0 Å². The fraction of sp³-hybridized carbons (Fsp3) is 0.125. The van der Waals surface area contributed by atoms with Crippen molar-refractivity contribution in [3.05, 3.63) is 60.2 Å². The van der Waals surface area contributed by atoms with Crippen LogP contribution in [0, 0.1) is 5.82 Å². The van der Waals surface area contributed by atoms with Crippen LogP contribution in [-0.4, -0.2) is 28.7 Å². The smallest absolute Gasteiger partial charge is 0.337 e. The number of benzene rings is 1. The first-order valence-electron chi connectivity index (χ1n) is 7.37. The molecule has 1 aliphatic heterocycles. The lowest BCUT2D eigenvalue weighted by atomic mass is 10.1. The summed E-state index contributed by atoms with van der Waals surface area (Å²) in [5, 5.41) is 6.24. The summed E-state index contributed by atoms with van der Waals surface area (Å²) in [5.74, 6) is -1.04. The number of nitrogens with one attached hydrogen (secondary N) is 3. The number of hydrogen-bond acceptors (Lipinski definition) is 5. The monoisotopic (exact) mass is 343 g/mol. The molecule has 2 heterocycles. The maximum atomic E-state index is 13.0. The molecule has 25 heavy (non-hydrogen) atoms. The van der Waals surface area contributed by atoms with Gasteiger partial charge in [0.05, 0.1) is 5.71 Å². The van der Waals surface area contributed by atoms with Gasteiger partial charge in [0.25, 0.3) is 5.91 Å². The molecule has 2 aromatic rings. The minimum absolute atomic E-state index is 0.255. The predicted octanol–water partition coefficient (Wildman–Crippen LogP) is 1.57. The van der Waals surface area contributed by atoms with Crippen LogP contribution in [0.25, 0.3) is 0 Å². The van der Waals surface area contributed by atoms with Gasteiger partial charge in [-0.1, -0.05) is 11.2 Å². The lowest BCUT2D eigenvalue weighted by molar-refractivity contribution is -0.131. The summed E-state index contributed by atoms with van der Waals surface area (Å²) in [6.45, 7) is 0. The molecular formula is C16H14FN5O3. The Balaban J connectivity index is 1.46. The van der Waals surface area contributed by atoms with Gasteiger partial charge in [0, 0.05) is 30.1 Å². The van der Waals surface area contributed by atoms with Gasteiger partial charge in [0.15, 0.2) is 0 Å². The second-order valence-corrected chi connectivity index (χ2v) is 5.16. The molecule has 0 unspecified atom stereocenters. The highest BCUT2D eigenvalue weighted by atomic mass is 19.1. The van der Waals surface area contributed by atoms with Crippen molar-refractivity contribution in [3.8, 4) is 0 Å². The standard InChI is InChI=1S/C16H14FN5O3/c17-11-4-1-5-12(7-11)19-16(24)21-20-15(23)14-8-13(22-25-14)10-3-2-6-18-9-10/h1-7,9,14H,8H2,(H,20,23)(H2,19,21,24)/t14-/m0/s1. The zero-order valence-electron chi connectivity index (χ0n) is 12.9. The van der Waals surface area contributed by atoms with Crippen LogP contribution in [0.15, 0.2) is 53.9 Å². The number of urea groups is 1. The van der Waals surface area contributed by atoms with Gasteiger partial charge in [-0.3, -0.25) is 15.2 Å². The van der Waals surface area contributed by atoms with Crippen molar-refractivity contribution in [2.24, 2.45) is 5.16 Å². The molecule has 3 amide bonds. The highest BCUT2D eigenvalue weighted by Gasteiger charge is 2.29. The Bertz CT molecular complexity index is 812. The molecule has 0 aliphatic carbocycles. The van der Waals surface area contributed by atoms with Gasteiger partial charge in [0.2, 0.25) is 6.10 Å². The predicted molar refractivity (Wildman–Crippen MR) is 87.0 cm³/mol. The first-order valence-corrected chi connectivity index (χ1v) is 7.37. The van der Waals surface area contributed by atoms with E-state index in [1.54, 1.807) is 24.5 Å². The number of nitrogens with zero attached hydrogens (tertiary/aromatic N) is 2. The average Bonchev–Trinajstić information content (AvgIpc) is 3.11. The summed E-state index contributed by atoms with van der Waals surface area (Å²) in [4.78, 5) is 32.7. The van der Waals surface area contributed by atoms with Gasteiger partial charge < -0.3 is 10.2 Å². The number of hydrogen-bond donors (Lipinski definition) is 3. The van der Waals surface area contributed by atoms with E-state index >= 15 is 0 Å². The second-order valence-electron chi connectivity index (χ2n) is 5.16. The summed E-state index contributed by atoms with van der Waals surface area (Å²) in [5.41, 5.74) is 6.00. The van der Waals surface area contributed by atoms with Crippen molar-refractivity contribution in [2.45, 2.75) is 12.5 Å². The SMILES string of the molecule is O=C(NNC(=O)[C@@H]1CC(c2cccnc2)=NO1)Nc1cccc(F)c1. The Morgan fingerprint density at radius 3 is 2.84 bits per heavy atom. The topological polar surface area (TPSA) is 105 Å². The Labute approximate surface area is 142 Å². The molecular weight excluding hydrogens is 329 g/mol. The number of hydrazine groups is 1. The molecule has 0 bridgehead atoms. The van der Waals surface area contributed by atoms with Crippen molar-refractivity contribution in [1.82, 2.24) is 15.8 Å². The molecule has 3 N–H and O–H groups in total. The van der Waals surface area contributed by atoms with Crippen molar-refractivity contribution in [2.75, 3.05) is 5.32 Å². The normalized spacial score (nSPS) is 15.7. The molecule has 0 saturated heterocycles. The number of amides is 3. The van der Waals surface area contributed by atoms with Gasteiger partial charge in [0.1, 0.15) is 5.82 Å². The van der Waals surface area contributed by atoms with E-state index in [0.29, 0.717) is 5.71 Å². The lowest BCUT2D eigenvalue weighted by Gasteiger charge is -2.11. The molecule has 0 fully saturated rings. The Kier molecular flexibility index (Phi) is 4.84. The highest BCUT2D eigenvalue weighted by molar-refractivity contribution is 6.04. The molecule has 9 heteroatoms. The Morgan fingerprint density at radius 2 is 2.08 bits per heavy atom. The summed E-state index contributed by atoms with van der Waals surface area (Å²) in [7, 11) is 0. The summed E-state index contributed by atoms with van der Waals surface area (Å²) >= 11 is 0. The maximum Gasteiger partial charge on any atom is 0.337 e. The maximum absolute atomic E-state index is 13.0. The van der Waals surface area contributed by atoms with Crippen molar-refractivity contribution in [1.29, 1.82) is 0 Å². The molecule has 0 spiro atoms. The molecule has 1 aliphatic rings. The van der Waals surface area contributed by atoms with Crippen molar-refractivity contribution in [3.63, 3.8) is 0 Å². The number of carbonyl (C=O) groups excluding carboxylic acids is 2. The second kappa shape index (κ2) is 7.39. The van der Waals surface area contributed by atoms with Crippen LogP contribution in [0.1, 0.15) is 12.0 Å². The molecule has 3 rings (SSSR count). The Hall–Kier alpha value is -3.49. The van der Waals surface area contributed by atoms with Gasteiger partial charge in [-0.05, 0) is 30.3 Å². The fourth-order valence-corrected chi connectivity index (χ4v) is 2.15. The molecule has 128 valence electrons. The van der Waals surface area contributed by atoms with E-state index in [2.05, 4.69) is 26.3 Å². The van der Waals surface area contributed by atoms with Crippen LogP contribution < -0.4 is 16.2 Å². The third kappa shape index (κ3) is 4.28. The number of pyridine rings is 1. The number of halogens is 1. The molecule has 8 nitrogen and oxygen atoms in total. The van der Waals surface area contributed by atoms with E-state index in [1.165, 1.54) is 18.2 Å². The van der Waals surface area contributed by atoms with Gasteiger partial charge in [-0.15, -0.1) is 0 Å². The number of aromatic nitrogens is 1. The number of oxime groups is 1. The summed E-state index contributed by atoms with van der Waals surface area (Å²) in [6.07, 6.45) is 2.65. The van der Waals surface area contributed by atoms with Crippen LogP contribution >= 0.6 is 0 Å². The van der Waals surface area contributed by atoms with Gasteiger partial charge in [-0.2, -0.15) is 0 Å². The van der Waals surface area contributed by atoms with E-state index in [-0.39, 0.29) is 12.1 Å². The third-order valence-electron chi connectivity index (χ3n) is 3.34. The summed E-state index contributed by atoms with van der Waals surface area (Å²) in [6, 6.07) is 8.21. The highest BCUT2D eigenvalue weighted by Crippen LogP contribution is 2.16. The quantitative estimate of drug-likeness (QED) is 0.736. The fourth-order valence-electron chi connectivity index (χ4n) is 2.15. The zero-order chi connectivity index (χ0) is 17.6. The molecule has 1 aromatic heterocycles. The van der Waals surface area contributed by atoms with Crippen LogP contribution in [0.3, 0.4) is 0 Å². The van der Waals surface area contributed by atoms with Crippen LogP contribution in [-0.2, 0) is 9.63 Å². The first-order chi connectivity index (χ1) is 12.1. The molecule has 1 atom stereocenters. The van der Waals surface area contributed by atoms with Crippen molar-refractivity contribution >= 4 is 23.3 Å². The van der Waals surface area contributed by atoms with E-state index in [1.807, 2.05) is 0 Å². The first kappa shape index (κ1) is 16.4. The molecule has 1 aromatic carbocycles. The minimum atomic E-state index is -0.857. The number of rotatable bonds is 3. The number of anilines is 1. The van der Waals surface area contributed by atoms with Gasteiger partial charge >= 0.3 is 6.03 Å². The lowest BCUT2D eigenvalue weighted by Crippen LogP contribution is -2.48. The zero-order valence-corrected chi connectivity index (χ0v) is 12.9. The van der Waals surface area contributed by atoms with Crippen LogP contribution in [0.2, 0.25) is 0 Å². The van der Waals surface area contributed by atoms with E-state index < -0.39 is 23.9 Å². The van der Waals surface area contributed by atoms with Crippen LogP contribution in [0.4, 0.5) is 14.9 Å². The molecule has 0 saturated carbocycles. The average molecular weight is 343 g/mol. The van der Waals surface area contributed by atoms with Crippen LogP contribution in [0.5, 0.6) is 0 Å². The van der Waals surface area contributed by atoms with Crippen molar-refractivity contribution < 1.29 is 18.8 Å². The Morgan fingerprint density at radius 1 is 1.20 bits per heavy atom. The largest absolute Gasteiger partial charge is 0.382 e. The minimum Gasteiger partial charge on any atom is -0.382 e. The number of carbonyl (C=O) groups is 2. The summed E-state index contributed by atoms with van der Waals surface area (Å²) < 4.78 is 13.0.